The van der Waals surface area contributed by atoms with Gasteiger partial charge in [0, 0.05) is 25.7 Å². The second kappa shape index (κ2) is 1.91. The first-order valence-corrected chi connectivity index (χ1v) is 3.79. The molecule has 0 N–H and O–H groups in total. The summed E-state index contributed by atoms with van der Waals surface area (Å²) in [5, 5.41) is 0. The molecule has 10 heavy (non-hydrogen) atoms. The average Bonchev–Trinajstić information content (AvgIpc) is 2.21. The van der Waals surface area contributed by atoms with Crippen LogP contribution in [0, 0.1) is 11.8 Å². The molecule has 2 heteroatoms. The van der Waals surface area contributed by atoms with Crippen molar-refractivity contribution in [1.29, 1.82) is 0 Å². The van der Waals surface area contributed by atoms with Crippen molar-refractivity contribution in [2.75, 3.05) is 0 Å². The van der Waals surface area contributed by atoms with Crippen LogP contribution < -0.4 is 0 Å². The highest BCUT2D eigenvalue weighted by Crippen LogP contribution is 2.40. The zero-order valence-corrected chi connectivity index (χ0v) is 5.80. The van der Waals surface area contributed by atoms with Gasteiger partial charge < -0.3 is 0 Å². The number of carbonyl (C=O) groups excluding carboxylic acids is 2. The third-order valence-electron chi connectivity index (χ3n) is 2.63. The van der Waals surface area contributed by atoms with Crippen LogP contribution in [0.25, 0.3) is 0 Å². The molecule has 0 heterocycles. The smallest absolute Gasteiger partial charge is 0.133 e. The summed E-state index contributed by atoms with van der Waals surface area (Å²) in [6.07, 6.45) is 2.71. The molecule has 0 aromatic rings. The highest BCUT2D eigenvalue weighted by Gasteiger charge is 2.40. The van der Waals surface area contributed by atoms with Crippen molar-refractivity contribution < 1.29 is 9.59 Å². The van der Waals surface area contributed by atoms with Crippen LogP contribution in [0.15, 0.2) is 0 Å². The molecule has 0 radical (unpaired) electrons. The summed E-state index contributed by atoms with van der Waals surface area (Å²) in [5.74, 6) is 1.59. The van der Waals surface area contributed by atoms with Gasteiger partial charge in [-0.2, -0.15) is 0 Å². The number of ketones is 2. The average molecular weight is 140 g/mol. The Kier molecular flexibility index (Phi) is 1.16. The first kappa shape index (κ1) is 6.08. The molecule has 2 aliphatic rings. The number of carbonyl (C=O) groups is 2. The molecule has 0 atom stereocenters. The van der Waals surface area contributed by atoms with E-state index in [-0.39, 0.29) is 0 Å². The molecule has 0 amide bonds. The summed E-state index contributed by atoms with van der Waals surface area (Å²) in [4.78, 5) is 21.7. The fourth-order valence-corrected chi connectivity index (χ4v) is 2.15. The molecule has 2 nitrogen and oxygen atoms in total. The predicted molar refractivity (Wildman–Crippen MR) is 35.5 cm³/mol. The van der Waals surface area contributed by atoms with Crippen molar-refractivity contribution in [2.24, 2.45) is 11.8 Å². The second-order valence-corrected chi connectivity index (χ2v) is 3.41. The summed E-state index contributed by atoms with van der Waals surface area (Å²) in [6.45, 7) is 0. The van der Waals surface area contributed by atoms with Crippen LogP contribution in [-0.2, 0) is 9.59 Å². The van der Waals surface area contributed by atoms with E-state index in [1.165, 1.54) is 0 Å². The maximum Gasteiger partial charge on any atom is 0.133 e. The quantitative estimate of drug-likeness (QED) is 0.502. The van der Waals surface area contributed by atoms with Gasteiger partial charge in [-0.3, -0.25) is 9.59 Å². The van der Waals surface area contributed by atoms with E-state index in [9.17, 15) is 9.59 Å². The van der Waals surface area contributed by atoms with Crippen LogP contribution in [0.3, 0.4) is 0 Å². The molecule has 0 aromatic carbocycles. The summed E-state index contributed by atoms with van der Waals surface area (Å²) < 4.78 is 0. The molecule has 0 saturated heterocycles. The Morgan fingerprint density at radius 2 is 1.60 bits per heavy atom. The molecule has 2 saturated carbocycles. The summed E-state index contributed by atoms with van der Waals surface area (Å²) in [7, 11) is 0. The van der Waals surface area contributed by atoms with Crippen molar-refractivity contribution in [1.82, 2.24) is 0 Å². The molecule has 0 spiro atoms. The van der Waals surface area contributed by atoms with Crippen molar-refractivity contribution >= 4 is 11.6 Å². The monoisotopic (exact) mass is 140 g/mol. The molecule has 0 aromatic heterocycles. The Balaban J connectivity index is 2.12. The molecule has 0 unspecified atom stereocenters. The van der Waals surface area contributed by atoms with Crippen molar-refractivity contribution in [2.45, 2.75) is 25.7 Å². The van der Waals surface area contributed by atoms with E-state index in [0.717, 1.165) is 0 Å². The van der Waals surface area contributed by atoms with Crippen molar-refractivity contribution in [3.8, 4) is 0 Å². The normalized spacial score (nSPS) is 38.8. The Bertz CT molecular complexity index is 157. The van der Waals surface area contributed by atoms with Gasteiger partial charge in [-0.05, 0) is 11.8 Å². The third-order valence-corrected chi connectivity index (χ3v) is 2.63. The standard InChI is InChI=1S/C8H10O2/c9-7-1-5-2-8(10)4-6(5)3-7/h5-6H,1-4H2/i5+2. The Hall–Kier alpha value is -0.660. The van der Waals surface area contributed by atoms with Gasteiger partial charge in [-0.15, -0.1) is 0 Å². The lowest BCUT2D eigenvalue weighted by Gasteiger charge is -2.01. The fraction of sp³-hybridized carbons (Fsp3) is 0.750. The van der Waals surface area contributed by atoms with Gasteiger partial charge in [-0.1, -0.05) is 0 Å². The maximum atomic E-state index is 10.9. The minimum Gasteiger partial charge on any atom is -0.300 e. The van der Waals surface area contributed by atoms with Gasteiger partial charge >= 0.3 is 0 Å². The van der Waals surface area contributed by atoms with E-state index < -0.39 is 0 Å². The highest BCUT2D eigenvalue weighted by atomic mass is 16.1. The fourth-order valence-electron chi connectivity index (χ4n) is 2.15. The van der Waals surface area contributed by atoms with Crippen LogP contribution in [0.2, 0.25) is 0 Å². The van der Waals surface area contributed by atoms with E-state index >= 15 is 0 Å². The summed E-state index contributed by atoms with van der Waals surface area (Å²) in [6, 6.07) is 0. The molecule has 2 aliphatic carbocycles. The molecule has 54 valence electrons. The second-order valence-electron chi connectivity index (χ2n) is 3.41. The number of fused-ring (bicyclic) bond motifs is 1. The summed E-state index contributed by atoms with van der Waals surface area (Å²) in [5.41, 5.74) is 0. The molecular formula is C8H10O2. The van der Waals surface area contributed by atoms with Gasteiger partial charge in [0.05, 0.1) is 0 Å². The minimum atomic E-state index is 0.363. The molecule has 0 bridgehead atoms. The van der Waals surface area contributed by atoms with Gasteiger partial charge in [0.1, 0.15) is 11.6 Å². The first-order valence-electron chi connectivity index (χ1n) is 3.79. The highest BCUT2D eigenvalue weighted by molar-refractivity contribution is 5.88. The minimum absolute atomic E-state index is 0.363. The first-order chi connectivity index (χ1) is 4.75. The Morgan fingerprint density at radius 3 is 2.00 bits per heavy atom. The lowest BCUT2D eigenvalue weighted by Crippen LogP contribution is -1.96. The maximum absolute atomic E-state index is 10.9. The van der Waals surface area contributed by atoms with Crippen LogP contribution in [0.5, 0.6) is 0 Å². The predicted octanol–water partition coefficient (Wildman–Crippen LogP) is 0.945. The van der Waals surface area contributed by atoms with E-state index in [2.05, 4.69) is 0 Å². The van der Waals surface area contributed by atoms with Crippen molar-refractivity contribution in [3.63, 3.8) is 0 Å². The lowest BCUT2D eigenvalue weighted by atomic mass is 10.1. The molecule has 2 fully saturated rings. The van der Waals surface area contributed by atoms with Gasteiger partial charge in [0.15, 0.2) is 0 Å². The van der Waals surface area contributed by atoms with E-state index in [1.807, 2.05) is 0 Å². The van der Waals surface area contributed by atoms with Gasteiger partial charge in [-0.25, -0.2) is 0 Å². The van der Waals surface area contributed by atoms with Crippen LogP contribution in [-0.4, -0.2) is 11.6 Å². The number of hydrogen-bond acceptors (Lipinski definition) is 2. The number of rotatable bonds is 0. The Morgan fingerprint density at radius 1 is 1.10 bits per heavy atom. The van der Waals surface area contributed by atoms with Gasteiger partial charge in [0.2, 0.25) is 0 Å². The van der Waals surface area contributed by atoms with Crippen molar-refractivity contribution in [3.05, 3.63) is 0 Å². The topological polar surface area (TPSA) is 34.1 Å². The third kappa shape index (κ3) is 0.789. The molecular weight excluding hydrogens is 130 g/mol. The zero-order valence-electron chi connectivity index (χ0n) is 5.80. The number of hydrogen-bond donors (Lipinski definition) is 0. The zero-order chi connectivity index (χ0) is 7.14. The largest absolute Gasteiger partial charge is 0.300 e. The van der Waals surface area contributed by atoms with E-state index in [4.69, 9.17) is 0 Å². The van der Waals surface area contributed by atoms with Crippen LogP contribution in [0.4, 0.5) is 0 Å². The van der Waals surface area contributed by atoms with E-state index in [0.29, 0.717) is 49.1 Å². The molecule has 2 rings (SSSR count). The summed E-state index contributed by atoms with van der Waals surface area (Å²) >= 11 is 0. The Labute approximate surface area is 59.6 Å². The number of Topliss-reactive ketones (excluding diaryl/α,β-unsaturated/α-hetero) is 2. The van der Waals surface area contributed by atoms with Crippen LogP contribution in [0.1, 0.15) is 25.7 Å². The van der Waals surface area contributed by atoms with Gasteiger partial charge in [0.25, 0.3) is 0 Å². The van der Waals surface area contributed by atoms with E-state index in [1.54, 1.807) is 0 Å². The molecule has 0 aliphatic heterocycles. The lowest BCUT2D eigenvalue weighted by molar-refractivity contribution is -0.119. The SMILES string of the molecule is O=C1CC2CC(=O)C[14CH]2C1. The van der Waals surface area contributed by atoms with Crippen LogP contribution >= 0.6 is 0 Å².